The Balaban J connectivity index is 1.86. The Labute approximate surface area is 157 Å². The molecule has 0 atom stereocenters. The molecule has 0 amide bonds. The van der Waals surface area contributed by atoms with E-state index in [0.717, 1.165) is 50.8 Å². The molecule has 0 bridgehead atoms. The van der Waals surface area contributed by atoms with Crippen LogP contribution >= 0.6 is 0 Å². The Kier molecular flexibility index (Phi) is 6.07. The first-order chi connectivity index (χ1) is 12.4. The van der Waals surface area contributed by atoms with E-state index < -0.39 is 0 Å². The molecule has 1 aliphatic heterocycles. The summed E-state index contributed by atoms with van der Waals surface area (Å²) >= 11 is 0. The van der Waals surface area contributed by atoms with Gasteiger partial charge >= 0.3 is 0 Å². The minimum atomic E-state index is 0.0315. The molecular formula is C21H33N3O2. The summed E-state index contributed by atoms with van der Waals surface area (Å²) in [5.41, 5.74) is 1.96. The summed E-state index contributed by atoms with van der Waals surface area (Å²) in [6, 6.07) is 6.20. The van der Waals surface area contributed by atoms with Crippen molar-refractivity contribution < 1.29 is 9.84 Å². The summed E-state index contributed by atoms with van der Waals surface area (Å²) in [4.78, 5) is 7.30. The highest BCUT2D eigenvalue weighted by Crippen LogP contribution is 2.31. The van der Waals surface area contributed by atoms with Gasteiger partial charge in [-0.05, 0) is 36.0 Å². The van der Waals surface area contributed by atoms with Gasteiger partial charge in [-0.15, -0.1) is 0 Å². The number of nitrogens with one attached hydrogen (secondary N) is 1. The zero-order chi connectivity index (χ0) is 18.6. The summed E-state index contributed by atoms with van der Waals surface area (Å²) in [7, 11) is 0. The van der Waals surface area contributed by atoms with E-state index in [-0.39, 0.29) is 11.2 Å². The van der Waals surface area contributed by atoms with Crippen molar-refractivity contribution in [1.82, 2.24) is 4.90 Å². The average Bonchev–Trinajstić information content (AvgIpc) is 2.63. The first-order valence-corrected chi connectivity index (χ1v) is 9.94. The van der Waals surface area contributed by atoms with Crippen molar-refractivity contribution in [2.24, 2.45) is 4.99 Å². The summed E-state index contributed by atoms with van der Waals surface area (Å²) in [6.07, 6.45) is 6.15. The van der Waals surface area contributed by atoms with Crippen molar-refractivity contribution >= 4 is 11.6 Å². The Hall–Kier alpha value is -1.75. The van der Waals surface area contributed by atoms with Gasteiger partial charge in [0.05, 0.1) is 24.9 Å². The second kappa shape index (κ2) is 8.30. The Morgan fingerprint density at radius 1 is 1.15 bits per heavy atom. The van der Waals surface area contributed by atoms with Gasteiger partial charge in [-0.2, -0.15) is 0 Å². The number of anilines is 1. The predicted octanol–water partition coefficient (Wildman–Crippen LogP) is 4.12. The van der Waals surface area contributed by atoms with Gasteiger partial charge in [-0.25, -0.2) is 4.99 Å². The van der Waals surface area contributed by atoms with E-state index in [1.807, 2.05) is 12.1 Å². The molecule has 1 saturated heterocycles. The molecule has 144 valence electrons. The monoisotopic (exact) mass is 359 g/mol. The third kappa shape index (κ3) is 4.91. The number of nitrogens with zero attached hydrogens (tertiary/aromatic N) is 2. The molecule has 5 nitrogen and oxygen atoms in total. The smallest absolute Gasteiger partial charge is 0.199 e. The highest BCUT2D eigenvalue weighted by Gasteiger charge is 2.21. The van der Waals surface area contributed by atoms with Crippen LogP contribution in [0, 0.1) is 0 Å². The van der Waals surface area contributed by atoms with Crippen LogP contribution in [0.15, 0.2) is 23.2 Å². The fraction of sp³-hybridized carbons (Fsp3) is 0.667. The van der Waals surface area contributed by atoms with Crippen molar-refractivity contribution in [2.75, 3.05) is 31.6 Å². The Morgan fingerprint density at radius 2 is 1.85 bits per heavy atom. The van der Waals surface area contributed by atoms with Gasteiger partial charge < -0.3 is 20.1 Å². The number of phenols is 1. The topological polar surface area (TPSA) is 57.1 Å². The number of benzene rings is 1. The third-order valence-corrected chi connectivity index (χ3v) is 5.30. The van der Waals surface area contributed by atoms with E-state index >= 15 is 0 Å². The van der Waals surface area contributed by atoms with Crippen LogP contribution in [0.3, 0.4) is 0 Å². The van der Waals surface area contributed by atoms with Crippen molar-refractivity contribution in [3.05, 3.63) is 23.8 Å². The average molecular weight is 360 g/mol. The summed E-state index contributed by atoms with van der Waals surface area (Å²) < 4.78 is 5.50. The summed E-state index contributed by atoms with van der Waals surface area (Å²) in [5.74, 6) is 1.14. The maximum absolute atomic E-state index is 10.4. The molecule has 3 rings (SSSR count). The fourth-order valence-corrected chi connectivity index (χ4v) is 3.57. The number of aliphatic imine (C=N–C) groups is 1. The molecule has 1 saturated carbocycles. The zero-order valence-corrected chi connectivity index (χ0v) is 16.4. The number of morpholine rings is 1. The molecule has 2 aliphatic rings. The lowest BCUT2D eigenvalue weighted by molar-refractivity contribution is 0.0677. The summed E-state index contributed by atoms with van der Waals surface area (Å²) in [6.45, 7) is 9.65. The van der Waals surface area contributed by atoms with Crippen molar-refractivity contribution in [2.45, 2.75) is 64.3 Å². The van der Waals surface area contributed by atoms with Crippen LogP contribution in [0.5, 0.6) is 5.75 Å². The molecule has 2 fully saturated rings. The number of guanidine groups is 1. The van der Waals surface area contributed by atoms with Gasteiger partial charge in [0.1, 0.15) is 5.75 Å². The standard InChI is InChI=1S/C21H33N3O2/c1-21(2,3)16-9-10-19(25)18(15-16)23-20(24-11-13-26-14-12-24)22-17-7-5-4-6-8-17/h9-10,15,17,25H,4-8,11-14H2,1-3H3,(H,22,23). The second-order valence-electron chi connectivity index (χ2n) is 8.45. The van der Waals surface area contributed by atoms with Gasteiger partial charge in [0.25, 0.3) is 0 Å². The number of ether oxygens (including phenoxy) is 1. The van der Waals surface area contributed by atoms with Crippen molar-refractivity contribution in [3.8, 4) is 5.75 Å². The van der Waals surface area contributed by atoms with E-state index in [1.165, 1.54) is 24.8 Å². The summed E-state index contributed by atoms with van der Waals surface area (Å²) in [5, 5.41) is 13.8. The van der Waals surface area contributed by atoms with Crippen molar-refractivity contribution in [3.63, 3.8) is 0 Å². The SMILES string of the molecule is CC(C)(C)c1ccc(O)c(NC(=NC2CCCCC2)N2CCOCC2)c1. The molecule has 1 heterocycles. The van der Waals surface area contributed by atoms with Gasteiger partial charge in [-0.3, -0.25) is 0 Å². The first-order valence-electron chi connectivity index (χ1n) is 9.94. The van der Waals surface area contributed by atoms with Crippen LogP contribution < -0.4 is 5.32 Å². The van der Waals surface area contributed by atoms with Gasteiger partial charge in [0.2, 0.25) is 0 Å². The number of rotatable bonds is 2. The number of hydrogen-bond donors (Lipinski definition) is 2. The quantitative estimate of drug-likeness (QED) is 0.474. The van der Waals surface area contributed by atoms with E-state index in [2.05, 4.69) is 31.0 Å². The minimum absolute atomic E-state index is 0.0315. The van der Waals surface area contributed by atoms with Crippen LogP contribution in [-0.2, 0) is 10.2 Å². The lowest BCUT2D eigenvalue weighted by atomic mass is 9.87. The number of phenolic OH excluding ortho intramolecular Hbond substituents is 1. The largest absolute Gasteiger partial charge is 0.506 e. The van der Waals surface area contributed by atoms with Crippen LogP contribution in [-0.4, -0.2) is 48.3 Å². The van der Waals surface area contributed by atoms with E-state index in [0.29, 0.717) is 6.04 Å². The van der Waals surface area contributed by atoms with E-state index in [4.69, 9.17) is 9.73 Å². The number of hydrogen-bond acceptors (Lipinski definition) is 3. The fourth-order valence-electron chi connectivity index (χ4n) is 3.57. The molecule has 26 heavy (non-hydrogen) atoms. The molecule has 0 unspecified atom stereocenters. The van der Waals surface area contributed by atoms with Crippen LogP contribution in [0.25, 0.3) is 0 Å². The van der Waals surface area contributed by atoms with Crippen LogP contribution in [0.1, 0.15) is 58.4 Å². The maximum Gasteiger partial charge on any atom is 0.199 e. The first kappa shape index (κ1) is 19.0. The molecule has 1 aromatic rings. The lowest BCUT2D eigenvalue weighted by Gasteiger charge is -2.32. The van der Waals surface area contributed by atoms with Gasteiger partial charge in [-0.1, -0.05) is 46.1 Å². The lowest BCUT2D eigenvalue weighted by Crippen LogP contribution is -2.44. The van der Waals surface area contributed by atoms with Crippen molar-refractivity contribution in [1.29, 1.82) is 0 Å². The number of aromatic hydroxyl groups is 1. The third-order valence-electron chi connectivity index (χ3n) is 5.30. The molecule has 0 radical (unpaired) electrons. The molecule has 0 aromatic heterocycles. The van der Waals surface area contributed by atoms with Crippen LogP contribution in [0.4, 0.5) is 5.69 Å². The minimum Gasteiger partial charge on any atom is -0.506 e. The Morgan fingerprint density at radius 3 is 2.50 bits per heavy atom. The second-order valence-corrected chi connectivity index (χ2v) is 8.45. The highest BCUT2D eigenvalue weighted by atomic mass is 16.5. The molecular weight excluding hydrogens is 326 g/mol. The van der Waals surface area contributed by atoms with Gasteiger partial charge in [0.15, 0.2) is 5.96 Å². The Bertz CT molecular complexity index is 625. The van der Waals surface area contributed by atoms with Crippen LogP contribution in [0.2, 0.25) is 0 Å². The normalized spacial score (nSPS) is 20.3. The molecule has 1 aliphatic carbocycles. The molecule has 5 heteroatoms. The highest BCUT2D eigenvalue weighted by molar-refractivity contribution is 5.95. The zero-order valence-electron chi connectivity index (χ0n) is 16.4. The predicted molar refractivity (Wildman–Crippen MR) is 107 cm³/mol. The van der Waals surface area contributed by atoms with Gasteiger partial charge in [0, 0.05) is 13.1 Å². The van der Waals surface area contributed by atoms with E-state index in [9.17, 15) is 5.11 Å². The maximum atomic E-state index is 10.4. The molecule has 1 aromatic carbocycles. The van der Waals surface area contributed by atoms with E-state index in [1.54, 1.807) is 6.07 Å². The molecule has 2 N–H and O–H groups in total. The molecule has 0 spiro atoms.